The zero-order chi connectivity index (χ0) is 31.5. The minimum absolute atomic E-state index is 0.0415. The van der Waals surface area contributed by atoms with Crippen molar-refractivity contribution in [3.8, 4) is 28.7 Å². The lowest BCUT2D eigenvalue weighted by Gasteiger charge is -2.23. The van der Waals surface area contributed by atoms with Crippen LogP contribution in [0.4, 0.5) is 0 Å². The molecule has 0 bridgehead atoms. The van der Waals surface area contributed by atoms with E-state index in [-0.39, 0.29) is 48.2 Å². The van der Waals surface area contributed by atoms with Crippen LogP contribution in [0.3, 0.4) is 0 Å². The number of Topliss-reactive ketones (excluding diaryl/α,β-unsaturated/α-hetero) is 1. The van der Waals surface area contributed by atoms with Gasteiger partial charge in [0, 0.05) is 17.6 Å². The topological polar surface area (TPSA) is 126 Å². The molecule has 230 valence electrons. The van der Waals surface area contributed by atoms with Gasteiger partial charge in [-0.05, 0) is 95.1 Å². The SMILES string of the molecule is CC(C)Oc1cc(C/C(C(=O)c2ccc3c(c2)OCO3)=C(\C(=O)O)c2ccc3nsnc3c2)cc(OC(C)C)c1OC(C)C. The molecule has 44 heavy (non-hydrogen) atoms. The summed E-state index contributed by atoms with van der Waals surface area (Å²) < 4.78 is 37.8. The van der Waals surface area contributed by atoms with Crippen molar-refractivity contribution >= 4 is 40.1 Å². The summed E-state index contributed by atoms with van der Waals surface area (Å²) in [6, 6.07) is 13.3. The molecule has 0 saturated carbocycles. The van der Waals surface area contributed by atoms with Gasteiger partial charge in [-0.3, -0.25) is 4.79 Å². The van der Waals surface area contributed by atoms with Crippen LogP contribution in [0.15, 0.2) is 54.1 Å². The molecule has 5 rings (SSSR count). The van der Waals surface area contributed by atoms with Crippen LogP contribution in [0.2, 0.25) is 0 Å². The number of aliphatic carboxylic acids is 1. The van der Waals surface area contributed by atoms with Crippen LogP contribution in [-0.2, 0) is 11.2 Å². The fourth-order valence-corrected chi connectivity index (χ4v) is 5.35. The Bertz CT molecular complexity index is 1710. The second kappa shape index (κ2) is 12.9. The molecule has 1 aliphatic heterocycles. The van der Waals surface area contributed by atoms with Gasteiger partial charge >= 0.3 is 5.97 Å². The first-order valence-electron chi connectivity index (χ1n) is 14.3. The number of ether oxygens (including phenoxy) is 5. The summed E-state index contributed by atoms with van der Waals surface area (Å²) in [5, 5.41) is 10.6. The number of rotatable bonds is 12. The maximum absolute atomic E-state index is 14.3. The quantitative estimate of drug-likeness (QED) is 0.135. The predicted molar refractivity (Wildman–Crippen MR) is 166 cm³/mol. The summed E-state index contributed by atoms with van der Waals surface area (Å²) >= 11 is 1.03. The van der Waals surface area contributed by atoms with Crippen molar-refractivity contribution in [1.82, 2.24) is 8.75 Å². The molecule has 0 spiro atoms. The van der Waals surface area contributed by atoms with Crippen LogP contribution >= 0.6 is 11.7 Å². The van der Waals surface area contributed by atoms with E-state index in [4.69, 9.17) is 23.7 Å². The van der Waals surface area contributed by atoms with Gasteiger partial charge in [0.1, 0.15) is 11.0 Å². The van der Waals surface area contributed by atoms with Crippen molar-refractivity contribution < 1.29 is 38.4 Å². The largest absolute Gasteiger partial charge is 0.487 e. The smallest absolute Gasteiger partial charge is 0.336 e. The van der Waals surface area contributed by atoms with E-state index in [2.05, 4.69) is 8.75 Å². The molecule has 1 aromatic heterocycles. The highest BCUT2D eigenvalue weighted by molar-refractivity contribution is 7.00. The number of ketones is 1. The number of hydrogen-bond donors (Lipinski definition) is 1. The highest BCUT2D eigenvalue weighted by Crippen LogP contribution is 2.42. The number of benzene rings is 3. The molecule has 3 aromatic carbocycles. The van der Waals surface area contributed by atoms with Crippen LogP contribution in [0.1, 0.15) is 63.0 Å². The predicted octanol–water partition coefficient (Wildman–Crippen LogP) is 6.75. The van der Waals surface area contributed by atoms with Gasteiger partial charge in [0.2, 0.25) is 12.5 Å². The molecular weight excluding hydrogens is 584 g/mol. The van der Waals surface area contributed by atoms with Crippen molar-refractivity contribution in [2.45, 2.75) is 66.3 Å². The van der Waals surface area contributed by atoms with E-state index in [0.717, 1.165) is 11.7 Å². The van der Waals surface area contributed by atoms with Crippen molar-refractivity contribution in [3.63, 3.8) is 0 Å². The minimum Gasteiger partial charge on any atom is -0.487 e. The summed E-state index contributed by atoms with van der Waals surface area (Å²) in [4.78, 5) is 27.3. The fourth-order valence-electron chi connectivity index (χ4n) is 4.83. The van der Waals surface area contributed by atoms with E-state index in [1.807, 2.05) is 41.5 Å². The molecule has 0 radical (unpaired) electrons. The van der Waals surface area contributed by atoms with E-state index in [1.54, 1.807) is 48.5 Å². The van der Waals surface area contributed by atoms with Gasteiger partial charge in [-0.15, -0.1) is 0 Å². The zero-order valence-electron chi connectivity index (χ0n) is 25.4. The van der Waals surface area contributed by atoms with Gasteiger partial charge in [0.25, 0.3) is 0 Å². The molecule has 0 fully saturated rings. The molecule has 0 unspecified atom stereocenters. The van der Waals surface area contributed by atoms with E-state index in [0.29, 0.717) is 50.9 Å². The lowest BCUT2D eigenvalue weighted by Crippen LogP contribution is -2.16. The minimum atomic E-state index is -1.26. The van der Waals surface area contributed by atoms with Crippen molar-refractivity contribution in [2.75, 3.05) is 6.79 Å². The van der Waals surface area contributed by atoms with Crippen molar-refractivity contribution in [1.29, 1.82) is 0 Å². The highest BCUT2D eigenvalue weighted by Gasteiger charge is 2.28. The number of carbonyl (C=O) groups is 2. The number of aromatic nitrogens is 2. The number of fused-ring (bicyclic) bond motifs is 2. The lowest BCUT2D eigenvalue weighted by molar-refractivity contribution is -0.130. The summed E-state index contributed by atoms with van der Waals surface area (Å²) in [5.74, 6) is 0.508. The number of hydrogen-bond acceptors (Lipinski definition) is 10. The third-order valence-electron chi connectivity index (χ3n) is 6.51. The molecular formula is C33H34N2O8S. The summed E-state index contributed by atoms with van der Waals surface area (Å²) in [6.45, 7) is 11.4. The molecule has 0 atom stereocenters. The fraction of sp³-hybridized carbons (Fsp3) is 0.333. The summed E-state index contributed by atoms with van der Waals surface area (Å²) in [5.41, 5.74) is 2.28. The molecule has 1 aliphatic rings. The number of carboxylic acids is 1. The maximum Gasteiger partial charge on any atom is 0.336 e. The van der Waals surface area contributed by atoms with E-state index < -0.39 is 11.8 Å². The van der Waals surface area contributed by atoms with Crippen LogP contribution in [0.25, 0.3) is 16.6 Å². The first kappa shape index (κ1) is 30.8. The number of carboxylic acid groups (broad SMARTS) is 1. The van der Waals surface area contributed by atoms with Gasteiger partial charge < -0.3 is 28.8 Å². The van der Waals surface area contributed by atoms with E-state index in [9.17, 15) is 14.7 Å². The zero-order valence-corrected chi connectivity index (χ0v) is 26.2. The molecule has 1 N–H and O–H groups in total. The Kier molecular flexibility index (Phi) is 9.05. The Hall–Kier alpha value is -4.64. The first-order valence-corrected chi connectivity index (χ1v) is 15.0. The molecule has 0 saturated heterocycles. The Morgan fingerprint density at radius 3 is 2.05 bits per heavy atom. The maximum atomic E-state index is 14.3. The van der Waals surface area contributed by atoms with Gasteiger partial charge in [0.05, 0.1) is 35.6 Å². The number of allylic oxidation sites excluding steroid dienone is 1. The van der Waals surface area contributed by atoms with Crippen molar-refractivity contribution in [2.24, 2.45) is 0 Å². The van der Waals surface area contributed by atoms with Gasteiger partial charge in [-0.25, -0.2) is 4.79 Å². The highest BCUT2D eigenvalue weighted by atomic mass is 32.1. The van der Waals surface area contributed by atoms with E-state index in [1.165, 1.54) is 0 Å². The molecule has 10 nitrogen and oxygen atoms in total. The average molecular weight is 619 g/mol. The van der Waals surface area contributed by atoms with Crippen LogP contribution in [0.5, 0.6) is 28.7 Å². The van der Waals surface area contributed by atoms with Gasteiger partial charge in [0.15, 0.2) is 28.8 Å². The average Bonchev–Trinajstić information content (AvgIpc) is 3.62. The third-order valence-corrected chi connectivity index (χ3v) is 7.06. The first-order chi connectivity index (χ1) is 21.0. The summed E-state index contributed by atoms with van der Waals surface area (Å²) in [7, 11) is 0. The Balaban J connectivity index is 1.71. The second-order valence-electron chi connectivity index (χ2n) is 11.1. The van der Waals surface area contributed by atoms with Crippen LogP contribution < -0.4 is 23.7 Å². The Labute approximate surface area is 259 Å². The second-order valence-corrected chi connectivity index (χ2v) is 11.6. The normalized spacial score (nSPS) is 13.0. The molecule has 11 heteroatoms. The Morgan fingerprint density at radius 2 is 1.41 bits per heavy atom. The van der Waals surface area contributed by atoms with Gasteiger partial charge in [-0.2, -0.15) is 8.75 Å². The van der Waals surface area contributed by atoms with Gasteiger partial charge in [-0.1, -0.05) is 6.07 Å². The van der Waals surface area contributed by atoms with Crippen LogP contribution in [-0.4, -0.2) is 50.7 Å². The monoisotopic (exact) mass is 618 g/mol. The molecule has 4 aromatic rings. The van der Waals surface area contributed by atoms with Crippen LogP contribution in [0, 0.1) is 0 Å². The summed E-state index contributed by atoms with van der Waals surface area (Å²) in [6.07, 6.45) is -0.593. The number of nitrogens with zero attached hydrogens (tertiary/aromatic N) is 2. The van der Waals surface area contributed by atoms with Crippen molar-refractivity contribution in [3.05, 3.63) is 70.8 Å². The lowest BCUT2D eigenvalue weighted by atomic mass is 9.89. The Morgan fingerprint density at radius 1 is 0.795 bits per heavy atom. The van der Waals surface area contributed by atoms with E-state index >= 15 is 0 Å². The molecule has 0 amide bonds. The number of carbonyl (C=O) groups excluding carboxylic acids is 1. The standard InChI is InChI=1S/C33H34N2O8S/c1-17(2)41-28-12-20(13-29(42-18(3)4)32(28)43-19(5)6)11-23(31(36)22-8-10-26-27(15-22)40-16-39-26)30(33(37)38)21-7-9-24-25(14-21)35-44-34-24/h7-10,12-15,17-19H,11,16H2,1-6H3,(H,37,38)/b30-23+. The molecule has 0 aliphatic carbocycles. The third kappa shape index (κ3) is 6.78. The molecule has 2 heterocycles.